The molecule has 3 aromatic rings. The fraction of sp³-hybridized carbons (Fsp3) is 0.263. The summed E-state index contributed by atoms with van der Waals surface area (Å²) in [5, 5.41) is 5.21. The summed E-state index contributed by atoms with van der Waals surface area (Å²) < 4.78 is 11.4. The molecule has 1 aliphatic rings. The van der Waals surface area contributed by atoms with Gasteiger partial charge in [-0.3, -0.25) is 9.88 Å². The van der Waals surface area contributed by atoms with Crippen LogP contribution in [0.2, 0.25) is 10.0 Å². The number of halogens is 2. The van der Waals surface area contributed by atoms with Crippen LogP contribution in [0.5, 0.6) is 0 Å². The predicted octanol–water partition coefficient (Wildman–Crippen LogP) is 4.62. The summed E-state index contributed by atoms with van der Waals surface area (Å²) in [6.45, 7) is 2.89. The fourth-order valence-corrected chi connectivity index (χ4v) is 3.31. The summed E-state index contributed by atoms with van der Waals surface area (Å²) in [6, 6.07) is 13.3. The zero-order valence-electron chi connectivity index (χ0n) is 13.9. The lowest BCUT2D eigenvalue weighted by Crippen LogP contribution is -2.37. The van der Waals surface area contributed by atoms with E-state index in [0.717, 1.165) is 35.8 Å². The summed E-state index contributed by atoms with van der Waals surface area (Å²) in [5.41, 5.74) is 2.57. The first kappa shape index (κ1) is 17.5. The van der Waals surface area contributed by atoms with Crippen molar-refractivity contribution in [2.24, 2.45) is 0 Å². The molecule has 26 heavy (non-hydrogen) atoms. The van der Waals surface area contributed by atoms with E-state index >= 15 is 0 Å². The van der Waals surface area contributed by atoms with E-state index in [4.69, 9.17) is 32.5 Å². The van der Waals surface area contributed by atoms with E-state index in [9.17, 15) is 0 Å². The quantitative estimate of drug-likeness (QED) is 0.651. The molecule has 2 aromatic heterocycles. The molecule has 3 heterocycles. The lowest BCUT2D eigenvalue weighted by molar-refractivity contribution is -0.0351. The number of ether oxygens (including phenoxy) is 1. The minimum absolute atomic E-state index is 0.0447. The van der Waals surface area contributed by atoms with Crippen molar-refractivity contribution in [1.82, 2.24) is 15.0 Å². The van der Waals surface area contributed by atoms with Gasteiger partial charge in [-0.25, -0.2) is 0 Å². The molecule has 5 nitrogen and oxygen atoms in total. The normalized spacial score (nSPS) is 18.2. The van der Waals surface area contributed by atoms with Crippen LogP contribution in [0.1, 0.15) is 17.4 Å². The predicted molar refractivity (Wildman–Crippen MR) is 100 cm³/mol. The highest BCUT2D eigenvalue weighted by Gasteiger charge is 2.23. The molecule has 0 bridgehead atoms. The lowest BCUT2D eigenvalue weighted by atomic mass is 10.1. The van der Waals surface area contributed by atoms with E-state index in [1.165, 1.54) is 0 Å². The van der Waals surface area contributed by atoms with Gasteiger partial charge in [-0.05, 0) is 29.8 Å². The molecule has 7 heteroatoms. The number of morpholine rings is 1. The Morgan fingerprint density at radius 2 is 2.00 bits per heavy atom. The molecule has 1 aromatic carbocycles. The van der Waals surface area contributed by atoms with Crippen LogP contribution in [0.25, 0.3) is 11.4 Å². The lowest BCUT2D eigenvalue weighted by Gasteiger charge is -2.32. The Kier molecular flexibility index (Phi) is 5.22. The Morgan fingerprint density at radius 1 is 1.08 bits per heavy atom. The van der Waals surface area contributed by atoms with Crippen LogP contribution in [0, 0.1) is 0 Å². The molecule has 0 radical (unpaired) electrons. The van der Waals surface area contributed by atoms with E-state index in [-0.39, 0.29) is 6.10 Å². The highest BCUT2D eigenvalue weighted by Crippen LogP contribution is 2.29. The molecule has 0 saturated carbocycles. The highest BCUT2D eigenvalue weighted by atomic mass is 35.5. The van der Waals surface area contributed by atoms with Gasteiger partial charge in [0.1, 0.15) is 5.69 Å². The summed E-state index contributed by atoms with van der Waals surface area (Å²) in [5.74, 6) is 0.806. The second-order valence-corrected chi connectivity index (χ2v) is 6.98. The van der Waals surface area contributed by atoms with Crippen LogP contribution in [-0.4, -0.2) is 34.7 Å². The highest BCUT2D eigenvalue weighted by molar-refractivity contribution is 6.42. The topological polar surface area (TPSA) is 51.4 Å². The van der Waals surface area contributed by atoms with Crippen LogP contribution >= 0.6 is 23.2 Å². The molecule has 1 atom stereocenters. The minimum Gasteiger partial charge on any atom is -0.371 e. The third kappa shape index (κ3) is 3.91. The van der Waals surface area contributed by atoms with Gasteiger partial charge in [0.05, 0.1) is 35.0 Å². The maximum Gasteiger partial charge on any atom is 0.151 e. The second kappa shape index (κ2) is 7.76. The maximum absolute atomic E-state index is 6.13. The van der Waals surface area contributed by atoms with Gasteiger partial charge < -0.3 is 9.26 Å². The first-order valence-corrected chi connectivity index (χ1v) is 9.10. The van der Waals surface area contributed by atoms with E-state index in [1.54, 1.807) is 12.3 Å². The molecule has 0 spiro atoms. The number of hydrogen-bond acceptors (Lipinski definition) is 5. The van der Waals surface area contributed by atoms with E-state index in [1.807, 2.05) is 36.4 Å². The molecule has 0 aliphatic carbocycles. The standard InChI is InChI=1S/C19H17Cl2N3O2/c20-15-5-4-13(9-16(15)21)19-12-24(7-8-25-19)11-14-10-18(23-26-14)17-3-1-2-6-22-17/h1-6,9-10,19H,7-8,11-12H2/t19-/m0/s1. The molecule has 4 rings (SSSR count). The van der Waals surface area contributed by atoms with Crippen molar-refractivity contribution in [1.29, 1.82) is 0 Å². The Morgan fingerprint density at radius 3 is 2.81 bits per heavy atom. The van der Waals surface area contributed by atoms with E-state index < -0.39 is 0 Å². The van der Waals surface area contributed by atoms with E-state index in [0.29, 0.717) is 23.2 Å². The van der Waals surface area contributed by atoms with Gasteiger partial charge in [0.15, 0.2) is 5.76 Å². The largest absolute Gasteiger partial charge is 0.371 e. The first-order valence-electron chi connectivity index (χ1n) is 8.35. The second-order valence-electron chi connectivity index (χ2n) is 6.16. The summed E-state index contributed by atoms with van der Waals surface area (Å²) in [7, 11) is 0. The Labute approximate surface area is 161 Å². The molecular weight excluding hydrogens is 373 g/mol. The minimum atomic E-state index is -0.0447. The Hall–Kier alpha value is -1.92. The smallest absolute Gasteiger partial charge is 0.151 e. The van der Waals surface area contributed by atoms with Crippen LogP contribution in [0.3, 0.4) is 0 Å². The van der Waals surface area contributed by atoms with Gasteiger partial charge in [0.25, 0.3) is 0 Å². The summed E-state index contributed by atoms with van der Waals surface area (Å²) >= 11 is 12.1. The van der Waals surface area contributed by atoms with Gasteiger partial charge in [-0.2, -0.15) is 0 Å². The Balaban J connectivity index is 1.44. The van der Waals surface area contributed by atoms with Gasteiger partial charge >= 0.3 is 0 Å². The van der Waals surface area contributed by atoms with Crippen molar-refractivity contribution in [3.63, 3.8) is 0 Å². The number of benzene rings is 1. The average molecular weight is 390 g/mol. The molecule has 0 N–H and O–H groups in total. The Bertz CT molecular complexity index is 886. The average Bonchev–Trinajstić information content (AvgIpc) is 3.13. The number of aromatic nitrogens is 2. The molecule has 0 unspecified atom stereocenters. The molecule has 1 saturated heterocycles. The molecular formula is C19H17Cl2N3O2. The van der Waals surface area contributed by atoms with Crippen LogP contribution in [0.4, 0.5) is 0 Å². The SMILES string of the molecule is Clc1ccc([C@@H]2CN(Cc3cc(-c4ccccn4)no3)CCO2)cc1Cl. The third-order valence-electron chi connectivity index (χ3n) is 4.33. The summed E-state index contributed by atoms with van der Waals surface area (Å²) in [4.78, 5) is 6.57. The fourth-order valence-electron chi connectivity index (χ4n) is 3.00. The first-order chi connectivity index (χ1) is 12.7. The van der Waals surface area contributed by atoms with Gasteiger partial charge in [-0.15, -0.1) is 0 Å². The van der Waals surface area contributed by atoms with Crippen LogP contribution in [-0.2, 0) is 11.3 Å². The van der Waals surface area contributed by atoms with Crippen LogP contribution < -0.4 is 0 Å². The number of pyridine rings is 1. The zero-order valence-corrected chi connectivity index (χ0v) is 15.5. The van der Waals surface area contributed by atoms with Gasteiger partial charge in [0, 0.05) is 25.4 Å². The van der Waals surface area contributed by atoms with Crippen LogP contribution in [0.15, 0.2) is 53.2 Å². The van der Waals surface area contributed by atoms with Crippen molar-refractivity contribution in [2.45, 2.75) is 12.6 Å². The molecule has 1 fully saturated rings. The van der Waals surface area contributed by atoms with Gasteiger partial charge in [0.2, 0.25) is 0 Å². The molecule has 0 amide bonds. The number of nitrogens with zero attached hydrogens (tertiary/aromatic N) is 3. The van der Waals surface area contributed by atoms with E-state index in [2.05, 4.69) is 15.0 Å². The van der Waals surface area contributed by atoms with Crippen molar-refractivity contribution in [2.75, 3.05) is 19.7 Å². The molecule has 1 aliphatic heterocycles. The maximum atomic E-state index is 6.13. The van der Waals surface area contributed by atoms with Gasteiger partial charge in [-0.1, -0.05) is 40.5 Å². The van der Waals surface area contributed by atoms with Crippen molar-refractivity contribution < 1.29 is 9.26 Å². The number of rotatable bonds is 4. The van der Waals surface area contributed by atoms with Crippen molar-refractivity contribution in [3.8, 4) is 11.4 Å². The van der Waals surface area contributed by atoms with Crippen molar-refractivity contribution >= 4 is 23.2 Å². The third-order valence-corrected chi connectivity index (χ3v) is 5.07. The molecule has 134 valence electrons. The monoisotopic (exact) mass is 389 g/mol. The zero-order chi connectivity index (χ0) is 17.9. The van der Waals surface area contributed by atoms with Crippen molar-refractivity contribution in [3.05, 3.63) is 70.0 Å². The number of hydrogen-bond donors (Lipinski definition) is 0. The summed E-state index contributed by atoms with van der Waals surface area (Å²) in [6.07, 6.45) is 1.70.